The van der Waals surface area contributed by atoms with Crippen LogP contribution in [0.1, 0.15) is 34.8 Å². The van der Waals surface area contributed by atoms with Gasteiger partial charge < -0.3 is 5.32 Å². The molecule has 3 heterocycles. The number of hydrogen-bond donors (Lipinski definition) is 1. The maximum atomic E-state index is 12.4. The van der Waals surface area contributed by atoms with Crippen LogP contribution in [0.2, 0.25) is 0 Å². The SMILES string of the molecule is CCn1nc(C)c(Br)c1CC(=O)c1cn(C2CNC2)nn1. The zero-order valence-corrected chi connectivity index (χ0v) is 13.6. The number of carbonyl (C=O) groups is 1. The van der Waals surface area contributed by atoms with Crippen molar-refractivity contribution in [3.8, 4) is 0 Å². The van der Waals surface area contributed by atoms with Gasteiger partial charge in [-0.15, -0.1) is 5.10 Å². The van der Waals surface area contributed by atoms with Crippen molar-refractivity contribution in [1.82, 2.24) is 30.1 Å². The molecule has 112 valence electrons. The fourth-order valence-electron chi connectivity index (χ4n) is 2.32. The lowest BCUT2D eigenvalue weighted by molar-refractivity contribution is 0.0985. The standard InChI is InChI=1S/C13H17BrN6O/c1-3-19-11(13(14)8(2)17-19)4-12(21)10-7-20(18-16-10)9-5-15-6-9/h7,9,15H,3-6H2,1-2H3. The molecule has 1 fully saturated rings. The summed E-state index contributed by atoms with van der Waals surface area (Å²) in [6, 6.07) is 0.314. The van der Waals surface area contributed by atoms with Gasteiger partial charge in [-0.1, -0.05) is 5.21 Å². The Hall–Kier alpha value is -1.54. The van der Waals surface area contributed by atoms with Crippen LogP contribution in [-0.2, 0) is 13.0 Å². The normalized spacial score (nSPS) is 15.2. The van der Waals surface area contributed by atoms with Crippen LogP contribution in [0.3, 0.4) is 0 Å². The number of hydrogen-bond acceptors (Lipinski definition) is 5. The molecule has 0 amide bonds. The highest BCUT2D eigenvalue weighted by Gasteiger charge is 2.23. The van der Waals surface area contributed by atoms with Crippen LogP contribution in [0.5, 0.6) is 0 Å². The lowest BCUT2D eigenvalue weighted by Crippen LogP contribution is -2.43. The molecule has 0 saturated carbocycles. The van der Waals surface area contributed by atoms with Crippen molar-refractivity contribution in [3.05, 3.63) is 27.8 Å². The van der Waals surface area contributed by atoms with Crippen LogP contribution in [0, 0.1) is 6.92 Å². The van der Waals surface area contributed by atoms with Crippen LogP contribution >= 0.6 is 15.9 Å². The minimum Gasteiger partial charge on any atom is -0.312 e. The summed E-state index contributed by atoms with van der Waals surface area (Å²) in [6.45, 7) is 6.42. The average molecular weight is 353 g/mol. The average Bonchev–Trinajstić information content (AvgIpc) is 2.97. The van der Waals surface area contributed by atoms with E-state index in [0.717, 1.165) is 35.5 Å². The van der Waals surface area contributed by atoms with Crippen molar-refractivity contribution in [2.45, 2.75) is 32.9 Å². The van der Waals surface area contributed by atoms with E-state index in [0.29, 0.717) is 11.7 Å². The highest BCUT2D eigenvalue weighted by Crippen LogP contribution is 2.22. The summed E-state index contributed by atoms with van der Waals surface area (Å²) in [5.74, 6) is -0.0381. The number of aryl methyl sites for hydroxylation is 2. The third-order valence-electron chi connectivity index (χ3n) is 3.71. The van der Waals surface area contributed by atoms with Crippen molar-refractivity contribution >= 4 is 21.7 Å². The minimum absolute atomic E-state index is 0.0381. The Labute approximate surface area is 130 Å². The van der Waals surface area contributed by atoms with Crippen molar-refractivity contribution in [1.29, 1.82) is 0 Å². The summed E-state index contributed by atoms with van der Waals surface area (Å²) in [7, 11) is 0. The first-order chi connectivity index (χ1) is 10.1. The van der Waals surface area contributed by atoms with Crippen LogP contribution in [0.15, 0.2) is 10.7 Å². The van der Waals surface area contributed by atoms with Gasteiger partial charge in [-0.25, -0.2) is 4.68 Å². The smallest absolute Gasteiger partial charge is 0.190 e. The minimum atomic E-state index is -0.0381. The zero-order valence-electron chi connectivity index (χ0n) is 12.0. The van der Waals surface area contributed by atoms with Crippen LogP contribution in [0.25, 0.3) is 0 Å². The molecular weight excluding hydrogens is 336 g/mol. The fraction of sp³-hybridized carbons (Fsp3) is 0.538. The second-order valence-electron chi connectivity index (χ2n) is 5.16. The molecule has 1 aliphatic rings. The van der Waals surface area contributed by atoms with Gasteiger partial charge in [0.15, 0.2) is 5.78 Å². The number of halogens is 1. The van der Waals surface area contributed by atoms with Crippen molar-refractivity contribution in [2.24, 2.45) is 0 Å². The van der Waals surface area contributed by atoms with Gasteiger partial charge in [0, 0.05) is 19.6 Å². The van der Waals surface area contributed by atoms with E-state index in [1.54, 1.807) is 10.9 Å². The first kappa shape index (κ1) is 14.4. The highest BCUT2D eigenvalue weighted by atomic mass is 79.9. The third-order valence-corrected chi connectivity index (χ3v) is 4.74. The Bertz CT molecular complexity index is 672. The van der Waals surface area contributed by atoms with E-state index in [9.17, 15) is 4.79 Å². The van der Waals surface area contributed by atoms with Crippen molar-refractivity contribution in [2.75, 3.05) is 13.1 Å². The van der Waals surface area contributed by atoms with Crippen molar-refractivity contribution < 1.29 is 4.79 Å². The molecule has 0 aliphatic carbocycles. The molecule has 3 rings (SSSR count). The molecule has 2 aromatic heterocycles. The summed E-state index contributed by atoms with van der Waals surface area (Å²) in [6.07, 6.45) is 2.01. The van der Waals surface area contributed by atoms with Gasteiger partial charge >= 0.3 is 0 Å². The van der Waals surface area contributed by atoms with E-state index in [4.69, 9.17) is 0 Å². The monoisotopic (exact) mass is 352 g/mol. The summed E-state index contributed by atoms with van der Waals surface area (Å²) < 4.78 is 4.51. The number of nitrogens with zero attached hydrogens (tertiary/aromatic N) is 5. The number of rotatable bonds is 5. The van der Waals surface area contributed by atoms with E-state index in [2.05, 4.69) is 36.7 Å². The van der Waals surface area contributed by atoms with Gasteiger partial charge in [0.2, 0.25) is 0 Å². The highest BCUT2D eigenvalue weighted by molar-refractivity contribution is 9.10. The van der Waals surface area contributed by atoms with Crippen LogP contribution in [0.4, 0.5) is 0 Å². The summed E-state index contributed by atoms with van der Waals surface area (Å²) in [4.78, 5) is 12.4. The van der Waals surface area contributed by atoms with Crippen molar-refractivity contribution in [3.63, 3.8) is 0 Å². The van der Waals surface area contributed by atoms with Gasteiger partial charge in [0.1, 0.15) is 5.69 Å². The Morgan fingerprint density at radius 1 is 1.52 bits per heavy atom. The number of ketones is 1. The summed E-state index contributed by atoms with van der Waals surface area (Å²) in [5.41, 5.74) is 2.19. The molecule has 1 saturated heterocycles. The predicted molar refractivity (Wildman–Crippen MR) is 80.3 cm³/mol. The molecule has 21 heavy (non-hydrogen) atoms. The molecule has 0 radical (unpaired) electrons. The molecule has 7 nitrogen and oxygen atoms in total. The predicted octanol–water partition coefficient (Wildman–Crippen LogP) is 1.14. The number of carbonyl (C=O) groups excluding carboxylic acids is 1. The van der Waals surface area contributed by atoms with E-state index < -0.39 is 0 Å². The van der Waals surface area contributed by atoms with Gasteiger partial charge in [-0.05, 0) is 29.8 Å². The van der Waals surface area contributed by atoms with Gasteiger partial charge in [-0.2, -0.15) is 5.10 Å². The van der Waals surface area contributed by atoms with E-state index >= 15 is 0 Å². The molecule has 0 unspecified atom stereocenters. The lowest BCUT2D eigenvalue weighted by atomic mass is 10.1. The molecule has 0 aromatic carbocycles. The van der Waals surface area contributed by atoms with Gasteiger partial charge in [-0.3, -0.25) is 9.48 Å². The molecule has 0 atom stereocenters. The second kappa shape index (κ2) is 5.69. The Kier molecular flexibility index (Phi) is 3.90. The van der Waals surface area contributed by atoms with E-state index in [1.165, 1.54) is 0 Å². The Balaban J connectivity index is 1.78. The number of aromatic nitrogens is 5. The fourth-order valence-corrected chi connectivity index (χ4v) is 2.75. The molecular formula is C13H17BrN6O. The molecule has 8 heteroatoms. The second-order valence-corrected chi connectivity index (χ2v) is 5.95. The van der Waals surface area contributed by atoms with Crippen LogP contribution in [-0.4, -0.2) is 43.6 Å². The molecule has 0 bridgehead atoms. The molecule has 1 N–H and O–H groups in total. The van der Waals surface area contributed by atoms with E-state index in [1.807, 2.05) is 18.5 Å². The maximum Gasteiger partial charge on any atom is 0.190 e. The van der Waals surface area contributed by atoms with Crippen LogP contribution < -0.4 is 5.32 Å². The molecule has 0 spiro atoms. The topological polar surface area (TPSA) is 77.6 Å². The van der Waals surface area contributed by atoms with Gasteiger partial charge in [0.05, 0.1) is 34.5 Å². The zero-order chi connectivity index (χ0) is 15.0. The lowest BCUT2D eigenvalue weighted by Gasteiger charge is -2.26. The summed E-state index contributed by atoms with van der Waals surface area (Å²) >= 11 is 3.51. The maximum absolute atomic E-state index is 12.4. The first-order valence-electron chi connectivity index (χ1n) is 6.97. The number of nitrogens with one attached hydrogen (secondary N) is 1. The van der Waals surface area contributed by atoms with E-state index in [-0.39, 0.29) is 12.2 Å². The van der Waals surface area contributed by atoms with Gasteiger partial charge in [0.25, 0.3) is 0 Å². The Morgan fingerprint density at radius 3 is 2.90 bits per heavy atom. The Morgan fingerprint density at radius 2 is 2.29 bits per heavy atom. The number of Topliss-reactive ketones (excluding diaryl/α,β-unsaturated/α-hetero) is 1. The third kappa shape index (κ3) is 2.65. The quantitative estimate of drug-likeness (QED) is 0.816. The first-order valence-corrected chi connectivity index (χ1v) is 7.77. The molecule has 2 aromatic rings. The molecule has 1 aliphatic heterocycles. The largest absolute Gasteiger partial charge is 0.312 e. The summed E-state index contributed by atoms with van der Waals surface area (Å²) in [5, 5.41) is 15.6.